The van der Waals surface area contributed by atoms with Crippen molar-refractivity contribution in [3.8, 4) is 11.5 Å². The van der Waals surface area contributed by atoms with Crippen LogP contribution in [0.1, 0.15) is 5.56 Å². The number of methoxy groups -OCH3 is 1. The Balaban J connectivity index is 2.02. The van der Waals surface area contributed by atoms with E-state index in [0.29, 0.717) is 25.1 Å². The van der Waals surface area contributed by atoms with Crippen LogP contribution in [0.15, 0.2) is 44.2 Å². The van der Waals surface area contributed by atoms with Crippen LogP contribution in [0.25, 0.3) is 6.08 Å². The number of halogens is 2. The molecular formula is C17H10Br2N2O5S2. The van der Waals surface area contributed by atoms with E-state index >= 15 is 0 Å². The number of rotatable bonds is 4. The van der Waals surface area contributed by atoms with Gasteiger partial charge in [-0.2, -0.15) is 0 Å². The zero-order chi connectivity index (χ0) is 20.6. The fourth-order valence-corrected chi connectivity index (χ4v) is 4.58. The number of thiocarbonyl (C=S) groups is 1. The Morgan fingerprint density at radius 3 is 2.68 bits per heavy atom. The molecule has 0 unspecified atom stereocenters. The predicted molar refractivity (Wildman–Crippen MR) is 119 cm³/mol. The van der Waals surface area contributed by atoms with Crippen molar-refractivity contribution < 1.29 is 19.6 Å². The Kier molecular flexibility index (Phi) is 6.08. The molecule has 1 saturated heterocycles. The number of nitrogens with zero attached hydrogens (tertiary/aromatic N) is 2. The third-order valence-corrected chi connectivity index (χ3v) is 7.23. The average molecular weight is 546 g/mol. The van der Waals surface area contributed by atoms with E-state index in [0.717, 1.165) is 11.8 Å². The number of nitro groups is 1. The molecule has 3 rings (SSSR count). The van der Waals surface area contributed by atoms with Gasteiger partial charge in [0, 0.05) is 16.6 Å². The van der Waals surface area contributed by atoms with Crippen molar-refractivity contribution in [2.45, 2.75) is 0 Å². The number of anilines is 1. The second-order valence-electron chi connectivity index (χ2n) is 5.44. The molecular weight excluding hydrogens is 536 g/mol. The van der Waals surface area contributed by atoms with Gasteiger partial charge in [0.25, 0.3) is 11.6 Å². The summed E-state index contributed by atoms with van der Waals surface area (Å²) in [6, 6.07) is 7.28. The van der Waals surface area contributed by atoms with E-state index in [1.807, 2.05) is 0 Å². The van der Waals surface area contributed by atoms with Crippen LogP contribution in [0.4, 0.5) is 11.4 Å². The van der Waals surface area contributed by atoms with Crippen LogP contribution in [-0.2, 0) is 4.79 Å². The number of carbonyl (C=O) groups is 1. The number of amides is 1. The van der Waals surface area contributed by atoms with E-state index in [1.54, 1.807) is 18.2 Å². The molecule has 1 aliphatic heterocycles. The molecule has 1 aliphatic rings. The number of benzene rings is 2. The maximum absolute atomic E-state index is 12.9. The highest BCUT2D eigenvalue weighted by Gasteiger charge is 2.34. The molecule has 0 radical (unpaired) electrons. The lowest BCUT2D eigenvalue weighted by molar-refractivity contribution is -0.384. The van der Waals surface area contributed by atoms with E-state index < -0.39 is 10.8 Å². The largest absolute Gasteiger partial charge is 0.503 e. The molecule has 0 saturated carbocycles. The second kappa shape index (κ2) is 8.19. The van der Waals surface area contributed by atoms with Gasteiger partial charge in [-0.3, -0.25) is 19.8 Å². The quantitative estimate of drug-likeness (QED) is 0.243. The third kappa shape index (κ3) is 3.79. The molecule has 1 N–H and O–H groups in total. The number of hydrogen-bond acceptors (Lipinski definition) is 7. The van der Waals surface area contributed by atoms with Gasteiger partial charge in [-0.05, 0) is 55.6 Å². The van der Waals surface area contributed by atoms with Gasteiger partial charge in [-0.25, -0.2) is 0 Å². The van der Waals surface area contributed by atoms with Crippen LogP contribution in [0.2, 0.25) is 0 Å². The smallest absolute Gasteiger partial charge is 0.271 e. The predicted octanol–water partition coefficient (Wildman–Crippen LogP) is 5.24. The van der Waals surface area contributed by atoms with Gasteiger partial charge in [0.2, 0.25) is 0 Å². The molecule has 1 heterocycles. The number of nitro benzene ring substituents is 1. The van der Waals surface area contributed by atoms with Gasteiger partial charge in [-0.1, -0.05) is 30.0 Å². The first-order valence-electron chi connectivity index (χ1n) is 7.52. The minimum atomic E-state index is -0.533. The highest BCUT2D eigenvalue weighted by atomic mass is 79.9. The number of ether oxygens (including phenoxy) is 1. The Morgan fingerprint density at radius 2 is 2.04 bits per heavy atom. The van der Waals surface area contributed by atoms with Crippen molar-refractivity contribution in [2.75, 3.05) is 12.0 Å². The number of aromatic hydroxyl groups is 1. The summed E-state index contributed by atoms with van der Waals surface area (Å²) in [5, 5.41) is 21.0. The van der Waals surface area contributed by atoms with Gasteiger partial charge < -0.3 is 9.84 Å². The van der Waals surface area contributed by atoms with Gasteiger partial charge in [0.05, 0.1) is 27.1 Å². The van der Waals surface area contributed by atoms with Crippen LogP contribution < -0.4 is 9.64 Å². The van der Waals surface area contributed by atoms with Crippen LogP contribution >= 0.6 is 55.8 Å². The summed E-state index contributed by atoms with van der Waals surface area (Å²) in [5.41, 5.74) is 0.773. The van der Waals surface area contributed by atoms with Crippen molar-refractivity contribution in [1.82, 2.24) is 0 Å². The minimum Gasteiger partial charge on any atom is -0.503 e. The zero-order valence-electron chi connectivity index (χ0n) is 14.0. The molecule has 0 aromatic heterocycles. The molecule has 1 amide bonds. The normalized spacial score (nSPS) is 15.4. The first-order valence-corrected chi connectivity index (χ1v) is 10.3. The first kappa shape index (κ1) is 20.8. The van der Waals surface area contributed by atoms with Crippen molar-refractivity contribution in [3.05, 3.63) is 59.9 Å². The van der Waals surface area contributed by atoms with E-state index in [2.05, 4.69) is 31.9 Å². The Morgan fingerprint density at radius 1 is 1.32 bits per heavy atom. The minimum absolute atomic E-state index is 0.0735. The summed E-state index contributed by atoms with van der Waals surface area (Å²) in [5.74, 6) is -0.239. The van der Waals surface area contributed by atoms with E-state index in [4.69, 9.17) is 17.0 Å². The molecule has 28 heavy (non-hydrogen) atoms. The first-order chi connectivity index (χ1) is 13.2. The number of phenolic OH excluding ortho intramolecular Hbond substituents is 1. The fourth-order valence-electron chi connectivity index (χ4n) is 2.45. The standard InChI is InChI=1S/C17H10Br2N2O5S2/c1-26-11-5-8(13(18)14(19)15(11)22)6-12-16(23)20(17(27)28-12)9-3-2-4-10(7-9)21(24)25/h2-7,22H,1H3/b12-6+. The topological polar surface area (TPSA) is 92.9 Å². The molecule has 11 heteroatoms. The average Bonchev–Trinajstić information content (AvgIpc) is 2.95. The van der Waals surface area contributed by atoms with Gasteiger partial charge in [-0.15, -0.1) is 0 Å². The molecule has 0 aliphatic carbocycles. The van der Waals surface area contributed by atoms with Gasteiger partial charge in [0.1, 0.15) is 0 Å². The van der Waals surface area contributed by atoms with Crippen LogP contribution in [-0.4, -0.2) is 27.4 Å². The highest BCUT2D eigenvalue weighted by Crippen LogP contribution is 2.44. The Bertz CT molecular complexity index is 1060. The summed E-state index contributed by atoms with van der Waals surface area (Å²) in [4.78, 5) is 24.9. The molecule has 2 aromatic rings. The maximum Gasteiger partial charge on any atom is 0.271 e. The van der Waals surface area contributed by atoms with E-state index in [-0.39, 0.29) is 21.5 Å². The summed E-state index contributed by atoms with van der Waals surface area (Å²) >= 11 is 13.0. The highest BCUT2D eigenvalue weighted by molar-refractivity contribution is 9.13. The second-order valence-corrected chi connectivity index (χ2v) is 8.70. The molecule has 0 atom stereocenters. The summed E-state index contributed by atoms with van der Waals surface area (Å²) < 4.78 is 6.32. The number of non-ortho nitro benzene ring substituents is 1. The Hall–Kier alpha value is -1.95. The Labute approximate surface area is 185 Å². The van der Waals surface area contributed by atoms with Crippen molar-refractivity contribution in [2.24, 2.45) is 0 Å². The molecule has 144 valence electrons. The summed E-state index contributed by atoms with van der Waals surface area (Å²) in [7, 11) is 1.42. The van der Waals surface area contributed by atoms with Crippen LogP contribution in [0.5, 0.6) is 11.5 Å². The maximum atomic E-state index is 12.9. The van der Waals surface area contributed by atoms with E-state index in [1.165, 1.54) is 30.2 Å². The summed E-state index contributed by atoms with van der Waals surface area (Å²) in [6.45, 7) is 0. The van der Waals surface area contributed by atoms with Crippen LogP contribution in [0, 0.1) is 10.1 Å². The van der Waals surface area contributed by atoms with Crippen molar-refractivity contribution in [3.63, 3.8) is 0 Å². The SMILES string of the molecule is COc1cc(/C=C2/SC(=S)N(c3cccc([N+](=O)[O-])c3)C2=O)c(Br)c(Br)c1O. The van der Waals surface area contributed by atoms with Crippen molar-refractivity contribution >= 4 is 83.5 Å². The number of carbonyl (C=O) groups excluding carboxylic acids is 1. The lowest BCUT2D eigenvalue weighted by Crippen LogP contribution is -2.27. The fraction of sp³-hybridized carbons (Fsp3) is 0.0588. The van der Waals surface area contributed by atoms with Crippen LogP contribution in [0.3, 0.4) is 0 Å². The van der Waals surface area contributed by atoms with Gasteiger partial charge >= 0.3 is 0 Å². The summed E-state index contributed by atoms with van der Waals surface area (Å²) in [6.07, 6.45) is 1.60. The zero-order valence-corrected chi connectivity index (χ0v) is 18.8. The lowest BCUT2D eigenvalue weighted by Gasteiger charge is -2.14. The van der Waals surface area contributed by atoms with E-state index in [9.17, 15) is 20.0 Å². The molecule has 0 bridgehead atoms. The molecule has 7 nitrogen and oxygen atoms in total. The monoisotopic (exact) mass is 544 g/mol. The van der Waals surface area contributed by atoms with Crippen molar-refractivity contribution in [1.29, 1.82) is 0 Å². The molecule has 0 spiro atoms. The lowest BCUT2D eigenvalue weighted by atomic mass is 10.1. The van der Waals surface area contributed by atoms with Gasteiger partial charge in [0.15, 0.2) is 15.8 Å². The number of phenols is 1. The number of thioether (sulfide) groups is 1. The third-order valence-electron chi connectivity index (χ3n) is 3.77. The molecule has 1 fully saturated rings. The number of hydrogen-bond donors (Lipinski definition) is 1. The molecule has 2 aromatic carbocycles.